The number of nitrogens with zero attached hydrogens (tertiary/aromatic N) is 1. The molecule has 0 amide bonds. The summed E-state index contributed by atoms with van der Waals surface area (Å²) >= 11 is 0. The molecule has 4 heteroatoms. The Labute approximate surface area is 121 Å². The minimum absolute atomic E-state index is 0.207. The van der Waals surface area contributed by atoms with Crippen molar-refractivity contribution < 1.29 is 9.53 Å². The van der Waals surface area contributed by atoms with Gasteiger partial charge >= 0.3 is 5.97 Å². The summed E-state index contributed by atoms with van der Waals surface area (Å²) in [5.74, 6) is 0.160. The highest BCUT2D eigenvalue weighted by Crippen LogP contribution is 2.32. The molecule has 112 valence electrons. The third-order valence-electron chi connectivity index (χ3n) is 3.52. The summed E-state index contributed by atoms with van der Waals surface area (Å²) in [4.78, 5) is 16.8. The van der Waals surface area contributed by atoms with Crippen molar-refractivity contribution in [3.8, 4) is 0 Å². The molecule has 2 N–H and O–H groups in total. The Hall–Kier alpha value is -1.42. The van der Waals surface area contributed by atoms with E-state index in [1.54, 1.807) is 6.20 Å². The van der Waals surface area contributed by atoms with Crippen LogP contribution in [0.5, 0.6) is 0 Å². The van der Waals surface area contributed by atoms with Crippen LogP contribution in [0, 0.1) is 18.3 Å². The predicted molar refractivity (Wildman–Crippen MR) is 80.3 cm³/mol. The highest BCUT2D eigenvalue weighted by molar-refractivity contribution is 5.77. The molecule has 4 nitrogen and oxygen atoms in total. The second-order valence-electron chi connectivity index (χ2n) is 5.75. The molecule has 0 saturated carbocycles. The maximum atomic E-state index is 12.4. The monoisotopic (exact) mass is 278 g/mol. The van der Waals surface area contributed by atoms with Crippen LogP contribution in [-0.2, 0) is 16.0 Å². The van der Waals surface area contributed by atoms with E-state index in [0.717, 1.165) is 11.3 Å². The van der Waals surface area contributed by atoms with Crippen LogP contribution in [0.4, 0.5) is 0 Å². The number of rotatable bonds is 7. The molecule has 0 aromatic carbocycles. The van der Waals surface area contributed by atoms with E-state index in [9.17, 15) is 4.79 Å². The fourth-order valence-corrected chi connectivity index (χ4v) is 2.56. The normalized spacial score (nSPS) is 14.1. The second kappa shape index (κ2) is 7.39. The zero-order valence-electron chi connectivity index (χ0n) is 13.0. The zero-order valence-corrected chi connectivity index (χ0v) is 13.0. The smallest absolute Gasteiger partial charge is 0.313 e. The average molecular weight is 278 g/mol. The standard InChI is InChI=1S/C16H26N2O2/c1-5-20-15(19)16(11-17,9-12(2)3)10-14-13(4)7-6-8-18-14/h6-8,12H,5,9-11,17H2,1-4H3. The first kappa shape index (κ1) is 16.6. The Morgan fingerprint density at radius 2 is 2.20 bits per heavy atom. The lowest BCUT2D eigenvalue weighted by Crippen LogP contribution is -2.43. The van der Waals surface area contributed by atoms with Crippen molar-refractivity contribution in [1.29, 1.82) is 0 Å². The molecule has 1 atom stereocenters. The largest absolute Gasteiger partial charge is 0.466 e. The molecule has 0 aliphatic carbocycles. The molecule has 0 radical (unpaired) electrons. The summed E-state index contributed by atoms with van der Waals surface area (Å²) in [6, 6.07) is 3.90. The van der Waals surface area contributed by atoms with E-state index >= 15 is 0 Å². The highest BCUT2D eigenvalue weighted by Gasteiger charge is 2.40. The van der Waals surface area contributed by atoms with E-state index < -0.39 is 5.41 Å². The topological polar surface area (TPSA) is 65.2 Å². The van der Waals surface area contributed by atoms with Crippen molar-refractivity contribution in [1.82, 2.24) is 4.98 Å². The van der Waals surface area contributed by atoms with Gasteiger partial charge in [-0.25, -0.2) is 0 Å². The van der Waals surface area contributed by atoms with Crippen LogP contribution >= 0.6 is 0 Å². The van der Waals surface area contributed by atoms with Crippen LogP contribution in [0.2, 0.25) is 0 Å². The van der Waals surface area contributed by atoms with Crippen LogP contribution in [-0.4, -0.2) is 24.1 Å². The minimum Gasteiger partial charge on any atom is -0.466 e. The molecule has 0 spiro atoms. The molecule has 1 rings (SSSR count). The first-order valence-electron chi connectivity index (χ1n) is 7.23. The van der Waals surface area contributed by atoms with Gasteiger partial charge in [0.25, 0.3) is 0 Å². The first-order valence-corrected chi connectivity index (χ1v) is 7.23. The molecule has 1 unspecified atom stereocenters. The van der Waals surface area contributed by atoms with E-state index in [1.807, 2.05) is 26.0 Å². The van der Waals surface area contributed by atoms with Crippen LogP contribution in [0.1, 0.15) is 38.4 Å². The zero-order chi connectivity index (χ0) is 15.2. The van der Waals surface area contributed by atoms with Crippen molar-refractivity contribution in [2.75, 3.05) is 13.2 Å². The van der Waals surface area contributed by atoms with E-state index in [2.05, 4.69) is 18.8 Å². The van der Waals surface area contributed by atoms with E-state index in [1.165, 1.54) is 0 Å². The van der Waals surface area contributed by atoms with Crippen molar-refractivity contribution in [3.05, 3.63) is 29.6 Å². The van der Waals surface area contributed by atoms with Crippen molar-refractivity contribution >= 4 is 5.97 Å². The number of aromatic nitrogens is 1. The van der Waals surface area contributed by atoms with Crippen molar-refractivity contribution in [2.24, 2.45) is 17.1 Å². The second-order valence-corrected chi connectivity index (χ2v) is 5.75. The lowest BCUT2D eigenvalue weighted by atomic mass is 9.75. The van der Waals surface area contributed by atoms with Crippen molar-refractivity contribution in [2.45, 2.75) is 40.5 Å². The minimum atomic E-state index is -0.677. The number of carbonyl (C=O) groups is 1. The van der Waals surface area contributed by atoms with E-state index in [4.69, 9.17) is 10.5 Å². The number of hydrogen-bond acceptors (Lipinski definition) is 4. The molecule has 0 bridgehead atoms. The Kier molecular flexibility index (Phi) is 6.14. The maximum absolute atomic E-state index is 12.4. The number of ether oxygens (including phenoxy) is 1. The number of hydrogen-bond donors (Lipinski definition) is 1. The predicted octanol–water partition coefficient (Wildman–Crippen LogP) is 2.49. The summed E-state index contributed by atoms with van der Waals surface area (Å²) in [6.45, 7) is 8.66. The Morgan fingerprint density at radius 3 is 2.70 bits per heavy atom. The van der Waals surface area contributed by atoms with E-state index in [-0.39, 0.29) is 12.5 Å². The highest BCUT2D eigenvalue weighted by atomic mass is 16.5. The van der Waals surface area contributed by atoms with E-state index in [0.29, 0.717) is 25.4 Å². The summed E-state index contributed by atoms with van der Waals surface area (Å²) < 4.78 is 5.26. The van der Waals surface area contributed by atoms with Gasteiger partial charge in [0.05, 0.1) is 12.0 Å². The third kappa shape index (κ3) is 4.04. The first-order chi connectivity index (χ1) is 9.45. The van der Waals surface area contributed by atoms with Crippen LogP contribution < -0.4 is 5.73 Å². The Morgan fingerprint density at radius 1 is 1.50 bits per heavy atom. The molecule has 1 aromatic heterocycles. The fraction of sp³-hybridized carbons (Fsp3) is 0.625. The molecule has 0 aliphatic heterocycles. The molecule has 0 saturated heterocycles. The van der Waals surface area contributed by atoms with Gasteiger partial charge in [-0.15, -0.1) is 0 Å². The maximum Gasteiger partial charge on any atom is 0.313 e. The van der Waals surface area contributed by atoms with Gasteiger partial charge in [0.15, 0.2) is 0 Å². The lowest BCUT2D eigenvalue weighted by molar-refractivity contribution is -0.156. The number of carbonyl (C=O) groups excluding carboxylic acids is 1. The SMILES string of the molecule is CCOC(=O)C(CN)(Cc1ncccc1C)CC(C)C. The van der Waals surface area contributed by atoms with Gasteiger partial charge in [0.2, 0.25) is 0 Å². The summed E-state index contributed by atoms with van der Waals surface area (Å²) in [5, 5.41) is 0. The van der Waals surface area contributed by atoms with Gasteiger partial charge in [-0.1, -0.05) is 19.9 Å². The lowest BCUT2D eigenvalue weighted by Gasteiger charge is -2.31. The van der Waals surface area contributed by atoms with Gasteiger partial charge in [-0.05, 0) is 37.8 Å². The summed E-state index contributed by atoms with van der Waals surface area (Å²) in [6.07, 6.45) is 3.00. The molecule has 1 aromatic rings. The summed E-state index contributed by atoms with van der Waals surface area (Å²) in [7, 11) is 0. The molecule has 20 heavy (non-hydrogen) atoms. The van der Waals surface area contributed by atoms with Crippen LogP contribution in [0.15, 0.2) is 18.3 Å². The van der Waals surface area contributed by atoms with Crippen molar-refractivity contribution in [3.63, 3.8) is 0 Å². The molecular formula is C16H26N2O2. The average Bonchev–Trinajstić information content (AvgIpc) is 2.40. The number of nitrogens with two attached hydrogens (primary N) is 1. The molecule has 0 aliphatic rings. The molecular weight excluding hydrogens is 252 g/mol. The Bertz CT molecular complexity index is 446. The number of esters is 1. The third-order valence-corrected chi connectivity index (χ3v) is 3.52. The van der Waals surface area contributed by atoms with Gasteiger partial charge < -0.3 is 10.5 Å². The quantitative estimate of drug-likeness (QED) is 0.778. The molecule has 1 heterocycles. The van der Waals surface area contributed by atoms with Crippen LogP contribution in [0.3, 0.4) is 0 Å². The fourth-order valence-electron chi connectivity index (χ4n) is 2.56. The molecule has 0 fully saturated rings. The van der Waals surface area contributed by atoms with Gasteiger partial charge in [-0.2, -0.15) is 0 Å². The van der Waals surface area contributed by atoms with Gasteiger partial charge in [0.1, 0.15) is 0 Å². The Balaban J connectivity index is 3.09. The number of pyridine rings is 1. The van der Waals surface area contributed by atoms with Crippen LogP contribution in [0.25, 0.3) is 0 Å². The van der Waals surface area contributed by atoms with Gasteiger partial charge in [-0.3, -0.25) is 9.78 Å². The summed E-state index contributed by atoms with van der Waals surface area (Å²) in [5.41, 5.74) is 7.28. The number of aryl methyl sites for hydroxylation is 1. The van der Waals surface area contributed by atoms with Gasteiger partial charge in [0, 0.05) is 24.9 Å².